The molecule has 3 aromatic carbocycles. The number of carbonyl (C=O) groups excluding carboxylic acids is 1. The number of nitro groups is 1. The minimum Gasteiger partial charge on any atom is -0.478 e. The molecule has 0 radical (unpaired) electrons. The average Bonchev–Trinajstić information content (AvgIpc) is 2.73. The van der Waals surface area contributed by atoms with Gasteiger partial charge in [-0.2, -0.15) is 0 Å². The van der Waals surface area contributed by atoms with Gasteiger partial charge in [-0.15, -0.1) is 0 Å². The van der Waals surface area contributed by atoms with Crippen LogP contribution in [-0.2, 0) is 0 Å². The molecule has 0 aliphatic heterocycles. The summed E-state index contributed by atoms with van der Waals surface area (Å²) in [5, 5.41) is 20.1. The maximum absolute atomic E-state index is 12.5. The fourth-order valence-electron chi connectivity index (χ4n) is 2.52. The van der Waals surface area contributed by atoms with Crippen LogP contribution in [0.1, 0.15) is 26.3 Å². The molecule has 1 N–H and O–H groups in total. The van der Waals surface area contributed by atoms with Gasteiger partial charge < -0.3 is 9.84 Å². The van der Waals surface area contributed by atoms with Crippen LogP contribution < -0.4 is 4.74 Å². The van der Waals surface area contributed by atoms with Crippen LogP contribution in [0.15, 0.2) is 77.8 Å². The van der Waals surface area contributed by atoms with Crippen LogP contribution in [0, 0.1) is 10.1 Å². The number of carbonyl (C=O) groups is 2. The molecular formula is C21H14N2O6. The molecule has 0 heterocycles. The first-order valence-electron chi connectivity index (χ1n) is 8.38. The second-order valence-electron chi connectivity index (χ2n) is 5.82. The Hall–Kier alpha value is -4.33. The number of ether oxygens (including phenoxy) is 1. The monoisotopic (exact) mass is 390 g/mol. The summed E-state index contributed by atoms with van der Waals surface area (Å²) in [6.45, 7) is 0. The fraction of sp³-hybridized carbons (Fsp3) is 0. The number of nitro benzene ring substituents is 1. The molecule has 3 rings (SSSR count). The average molecular weight is 390 g/mol. The highest BCUT2D eigenvalue weighted by Gasteiger charge is 2.18. The van der Waals surface area contributed by atoms with Gasteiger partial charge in [-0.3, -0.25) is 15.1 Å². The highest BCUT2D eigenvalue weighted by atomic mass is 16.6. The molecule has 0 saturated carbocycles. The van der Waals surface area contributed by atoms with E-state index in [0.717, 1.165) is 0 Å². The van der Waals surface area contributed by atoms with Crippen molar-refractivity contribution in [2.24, 2.45) is 4.99 Å². The molecule has 8 heteroatoms. The van der Waals surface area contributed by atoms with Crippen molar-refractivity contribution in [3.8, 4) is 5.75 Å². The molecule has 0 amide bonds. The van der Waals surface area contributed by atoms with E-state index >= 15 is 0 Å². The predicted octanol–water partition coefficient (Wildman–Crippen LogP) is 4.26. The predicted molar refractivity (Wildman–Crippen MR) is 105 cm³/mol. The van der Waals surface area contributed by atoms with E-state index in [1.54, 1.807) is 24.3 Å². The number of esters is 1. The van der Waals surface area contributed by atoms with E-state index in [1.165, 1.54) is 54.7 Å². The smallest absolute Gasteiger partial charge is 0.344 e. The molecule has 8 nitrogen and oxygen atoms in total. The molecule has 0 spiro atoms. The van der Waals surface area contributed by atoms with Gasteiger partial charge in [0, 0.05) is 18.3 Å². The molecule has 0 fully saturated rings. The Morgan fingerprint density at radius 3 is 2.38 bits per heavy atom. The Bertz CT molecular complexity index is 1120. The van der Waals surface area contributed by atoms with Crippen molar-refractivity contribution < 1.29 is 24.4 Å². The van der Waals surface area contributed by atoms with E-state index in [9.17, 15) is 24.8 Å². The highest BCUT2D eigenvalue weighted by molar-refractivity contribution is 6.03. The van der Waals surface area contributed by atoms with E-state index in [-0.39, 0.29) is 22.6 Å². The van der Waals surface area contributed by atoms with Crippen molar-refractivity contribution in [3.05, 3.63) is 99.6 Å². The Morgan fingerprint density at radius 1 is 0.966 bits per heavy atom. The lowest BCUT2D eigenvalue weighted by molar-refractivity contribution is -0.384. The second-order valence-corrected chi connectivity index (χ2v) is 5.82. The molecule has 0 aliphatic carbocycles. The topological polar surface area (TPSA) is 119 Å². The van der Waals surface area contributed by atoms with E-state index in [0.29, 0.717) is 11.3 Å². The number of non-ortho nitro benzene ring substituents is 1. The van der Waals surface area contributed by atoms with Crippen molar-refractivity contribution in [1.29, 1.82) is 0 Å². The first-order valence-corrected chi connectivity index (χ1v) is 8.38. The zero-order chi connectivity index (χ0) is 20.8. The summed E-state index contributed by atoms with van der Waals surface area (Å²) in [6, 6.07) is 18.1. The van der Waals surface area contributed by atoms with Crippen LogP contribution in [-0.4, -0.2) is 28.2 Å². The molecule has 3 aromatic rings. The van der Waals surface area contributed by atoms with Gasteiger partial charge in [0.1, 0.15) is 5.69 Å². The van der Waals surface area contributed by atoms with Crippen LogP contribution in [0.25, 0.3) is 0 Å². The van der Waals surface area contributed by atoms with Crippen molar-refractivity contribution in [3.63, 3.8) is 0 Å². The molecule has 0 aromatic heterocycles. The number of benzene rings is 3. The van der Waals surface area contributed by atoms with Crippen LogP contribution in [0.4, 0.5) is 11.4 Å². The van der Waals surface area contributed by atoms with Gasteiger partial charge in [-0.1, -0.05) is 36.4 Å². The summed E-state index contributed by atoms with van der Waals surface area (Å²) in [6.07, 6.45) is 1.41. The van der Waals surface area contributed by atoms with Crippen molar-refractivity contribution in [1.82, 2.24) is 0 Å². The Labute approximate surface area is 164 Å². The maximum atomic E-state index is 12.5. The summed E-state index contributed by atoms with van der Waals surface area (Å²) < 4.78 is 5.35. The third-order valence-electron chi connectivity index (χ3n) is 3.88. The minimum absolute atomic E-state index is 0.0704. The SMILES string of the molecule is O=C(O)c1ccccc1C(=O)Oc1ccccc1N=Cc1cccc([N+](=O)[O-])c1. The quantitative estimate of drug-likeness (QED) is 0.221. The summed E-state index contributed by atoms with van der Waals surface area (Å²) >= 11 is 0. The number of carboxylic acids is 1. The van der Waals surface area contributed by atoms with Crippen LogP contribution >= 0.6 is 0 Å². The fourth-order valence-corrected chi connectivity index (χ4v) is 2.52. The third kappa shape index (κ3) is 4.69. The number of hydrogen-bond donors (Lipinski definition) is 1. The molecule has 29 heavy (non-hydrogen) atoms. The van der Waals surface area contributed by atoms with E-state index in [1.807, 2.05) is 0 Å². The standard InChI is InChI=1S/C21H14N2O6/c24-20(25)16-8-1-2-9-17(16)21(26)29-19-11-4-3-10-18(19)22-13-14-6-5-7-15(12-14)23(27)28/h1-13H,(H,24,25). The molecular weight excluding hydrogens is 376 g/mol. The molecule has 0 unspecified atom stereocenters. The molecule has 0 atom stereocenters. The van der Waals surface area contributed by atoms with Crippen molar-refractivity contribution in [2.75, 3.05) is 0 Å². The molecule has 0 saturated heterocycles. The van der Waals surface area contributed by atoms with Gasteiger partial charge in [0.05, 0.1) is 16.1 Å². The summed E-state index contributed by atoms with van der Waals surface area (Å²) in [5.41, 5.74) is 0.475. The first-order chi connectivity index (χ1) is 14.0. The molecule has 0 bridgehead atoms. The second kappa shape index (κ2) is 8.57. The lowest BCUT2D eigenvalue weighted by Crippen LogP contribution is -2.14. The zero-order valence-electron chi connectivity index (χ0n) is 14.9. The largest absolute Gasteiger partial charge is 0.478 e. The Kier molecular flexibility index (Phi) is 5.74. The van der Waals surface area contributed by atoms with Crippen LogP contribution in [0.2, 0.25) is 0 Å². The van der Waals surface area contributed by atoms with Gasteiger partial charge >= 0.3 is 11.9 Å². The van der Waals surface area contributed by atoms with Gasteiger partial charge in [0.15, 0.2) is 5.75 Å². The number of aliphatic imine (C=N–C) groups is 1. The number of para-hydroxylation sites is 2. The lowest BCUT2D eigenvalue weighted by atomic mass is 10.1. The highest BCUT2D eigenvalue weighted by Crippen LogP contribution is 2.28. The number of hydrogen-bond acceptors (Lipinski definition) is 6. The van der Waals surface area contributed by atoms with Crippen molar-refractivity contribution in [2.45, 2.75) is 0 Å². The zero-order valence-corrected chi connectivity index (χ0v) is 14.9. The van der Waals surface area contributed by atoms with E-state index < -0.39 is 16.9 Å². The van der Waals surface area contributed by atoms with Gasteiger partial charge in [-0.05, 0) is 29.8 Å². The summed E-state index contributed by atoms with van der Waals surface area (Å²) in [5.74, 6) is -1.95. The normalized spacial score (nSPS) is 10.6. The number of rotatable bonds is 6. The summed E-state index contributed by atoms with van der Waals surface area (Å²) in [4.78, 5) is 38.4. The van der Waals surface area contributed by atoms with Crippen molar-refractivity contribution >= 4 is 29.5 Å². The van der Waals surface area contributed by atoms with E-state index in [4.69, 9.17) is 4.74 Å². The Balaban J connectivity index is 1.86. The van der Waals surface area contributed by atoms with Gasteiger partial charge in [0.2, 0.25) is 0 Å². The van der Waals surface area contributed by atoms with Gasteiger partial charge in [-0.25, -0.2) is 9.59 Å². The lowest BCUT2D eigenvalue weighted by Gasteiger charge is -2.08. The Morgan fingerprint density at radius 2 is 1.66 bits per heavy atom. The number of nitrogens with zero attached hydrogens (tertiary/aromatic N) is 2. The number of carboxylic acid groups (broad SMARTS) is 1. The van der Waals surface area contributed by atoms with Crippen LogP contribution in [0.5, 0.6) is 5.75 Å². The minimum atomic E-state index is -1.24. The number of aromatic carboxylic acids is 1. The molecule has 0 aliphatic rings. The van der Waals surface area contributed by atoms with E-state index in [2.05, 4.69) is 4.99 Å². The maximum Gasteiger partial charge on any atom is 0.344 e. The van der Waals surface area contributed by atoms with Crippen LogP contribution in [0.3, 0.4) is 0 Å². The first kappa shape index (κ1) is 19.4. The third-order valence-corrected chi connectivity index (χ3v) is 3.88. The summed E-state index contributed by atoms with van der Waals surface area (Å²) in [7, 11) is 0. The van der Waals surface area contributed by atoms with Gasteiger partial charge in [0.25, 0.3) is 5.69 Å². The molecule has 144 valence electrons.